The quantitative estimate of drug-likeness (QED) is 0.611. The van der Waals surface area contributed by atoms with Gasteiger partial charge in [-0.25, -0.2) is 0 Å². The Labute approximate surface area is 97.4 Å². The monoisotopic (exact) mass is 210 g/mol. The molecule has 0 heterocycles. The lowest BCUT2D eigenvalue weighted by Crippen LogP contribution is -2.24. The minimum Gasteiger partial charge on any atom is -0.0813 e. The molecular formula is C16H18. The van der Waals surface area contributed by atoms with Gasteiger partial charge in [-0.05, 0) is 54.9 Å². The highest BCUT2D eigenvalue weighted by atomic mass is 14.5. The average molecular weight is 210 g/mol. The number of allylic oxidation sites excluding steroid dienone is 2. The van der Waals surface area contributed by atoms with Crippen molar-refractivity contribution in [1.82, 2.24) is 0 Å². The number of hydrogen-bond acceptors (Lipinski definition) is 0. The topological polar surface area (TPSA) is 0 Å². The van der Waals surface area contributed by atoms with Gasteiger partial charge in [-0.1, -0.05) is 42.0 Å². The lowest BCUT2D eigenvalue weighted by molar-refractivity contribution is 0.307. The summed E-state index contributed by atoms with van der Waals surface area (Å²) in [6.45, 7) is 0. The van der Waals surface area contributed by atoms with Crippen LogP contribution in [0.3, 0.4) is 0 Å². The van der Waals surface area contributed by atoms with E-state index in [2.05, 4.69) is 36.4 Å². The molecule has 1 aromatic carbocycles. The van der Waals surface area contributed by atoms with Gasteiger partial charge in [0, 0.05) is 0 Å². The summed E-state index contributed by atoms with van der Waals surface area (Å²) in [6.07, 6.45) is 8.39. The van der Waals surface area contributed by atoms with Crippen molar-refractivity contribution >= 4 is 0 Å². The van der Waals surface area contributed by atoms with Crippen LogP contribution in [0.15, 0.2) is 42.0 Å². The normalized spacial score (nSPS) is 39.9. The zero-order valence-corrected chi connectivity index (χ0v) is 9.60. The van der Waals surface area contributed by atoms with Gasteiger partial charge in [0.25, 0.3) is 0 Å². The second-order valence-corrected chi connectivity index (χ2v) is 5.74. The Bertz CT molecular complexity index is 429. The molecule has 0 saturated heterocycles. The highest BCUT2D eigenvalue weighted by molar-refractivity contribution is 5.34. The van der Waals surface area contributed by atoms with Crippen LogP contribution in [0.5, 0.6) is 0 Å². The van der Waals surface area contributed by atoms with Gasteiger partial charge in [0.1, 0.15) is 0 Å². The summed E-state index contributed by atoms with van der Waals surface area (Å²) >= 11 is 0. The van der Waals surface area contributed by atoms with Gasteiger partial charge in [-0.3, -0.25) is 0 Å². The first-order chi connectivity index (χ1) is 7.93. The summed E-state index contributed by atoms with van der Waals surface area (Å²) in [5, 5.41) is 0. The van der Waals surface area contributed by atoms with Crippen LogP contribution in [0, 0.1) is 17.8 Å². The molecule has 0 radical (unpaired) electrons. The van der Waals surface area contributed by atoms with Crippen LogP contribution in [0.25, 0.3) is 0 Å². The summed E-state index contributed by atoms with van der Waals surface area (Å²) in [5.41, 5.74) is 3.41. The molecule has 0 nitrogen and oxygen atoms in total. The van der Waals surface area contributed by atoms with Crippen LogP contribution in [-0.2, 0) is 0 Å². The molecule has 1 aromatic rings. The van der Waals surface area contributed by atoms with E-state index in [-0.39, 0.29) is 0 Å². The third kappa shape index (κ3) is 1.10. The summed E-state index contributed by atoms with van der Waals surface area (Å²) in [5.74, 6) is 3.65. The SMILES string of the molecule is C1=C2CCC[C@H]3[C@H](c4ccccc4)[C@@H]1C[C@@H]23. The van der Waals surface area contributed by atoms with Crippen LogP contribution >= 0.6 is 0 Å². The third-order valence-corrected chi connectivity index (χ3v) is 5.06. The fourth-order valence-corrected chi connectivity index (χ4v) is 4.54. The molecule has 2 fully saturated rings. The lowest BCUT2D eigenvalue weighted by atomic mass is 9.69. The molecule has 0 aliphatic heterocycles. The molecule has 0 aromatic heterocycles. The first-order valence-electron chi connectivity index (χ1n) is 6.69. The van der Waals surface area contributed by atoms with E-state index >= 15 is 0 Å². The van der Waals surface area contributed by atoms with Crippen molar-refractivity contribution in [2.75, 3.05) is 0 Å². The van der Waals surface area contributed by atoms with Crippen molar-refractivity contribution in [2.24, 2.45) is 17.8 Å². The summed E-state index contributed by atoms with van der Waals surface area (Å²) in [7, 11) is 0. The number of fused-ring (bicyclic) bond motifs is 1. The van der Waals surface area contributed by atoms with Crippen LogP contribution in [0.2, 0.25) is 0 Å². The molecule has 2 bridgehead atoms. The molecule has 4 atom stereocenters. The van der Waals surface area contributed by atoms with E-state index in [1.165, 1.54) is 25.7 Å². The zero-order chi connectivity index (χ0) is 10.5. The highest BCUT2D eigenvalue weighted by Gasteiger charge is 2.49. The standard InChI is InChI=1S/C16H18/c1-2-5-11(6-3-1)16-13-9-12-7-4-8-14(16)15(12)10-13/h1-3,5-6,9,13-16H,4,7-8,10H2/t13-,14+,15-,16+/m0/s1. The molecule has 3 aliphatic rings. The molecular weight excluding hydrogens is 192 g/mol. The predicted octanol–water partition coefficient (Wildman–Crippen LogP) is 4.15. The Kier molecular flexibility index (Phi) is 1.82. The minimum atomic E-state index is 0.843. The molecule has 4 rings (SSSR count). The first kappa shape index (κ1) is 9.04. The van der Waals surface area contributed by atoms with E-state index in [4.69, 9.17) is 0 Å². The van der Waals surface area contributed by atoms with E-state index in [0.717, 1.165) is 23.7 Å². The zero-order valence-electron chi connectivity index (χ0n) is 9.60. The smallest absolute Gasteiger partial charge is 0.00646 e. The molecule has 3 aliphatic carbocycles. The molecule has 0 amide bonds. The molecule has 0 spiro atoms. The van der Waals surface area contributed by atoms with Crippen molar-refractivity contribution in [2.45, 2.75) is 31.6 Å². The Morgan fingerprint density at radius 3 is 2.81 bits per heavy atom. The molecule has 16 heavy (non-hydrogen) atoms. The number of hydrogen-bond donors (Lipinski definition) is 0. The fourth-order valence-electron chi connectivity index (χ4n) is 4.54. The largest absolute Gasteiger partial charge is 0.0813 e. The van der Waals surface area contributed by atoms with Crippen molar-refractivity contribution in [3.8, 4) is 0 Å². The van der Waals surface area contributed by atoms with Crippen LogP contribution in [0.4, 0.5) is 0 Å². The minimum absolute atomic E-state index is 0.843. The molecule has 82 valence electrons. The van der Waals surface area contributed by atoms with Gasteiger partial charge >= 0.3 is 0 Å². The number of rotatable bonds is 1. The van der Waals surface area contributed by atoms with E-state index < -0.39 is 0 Å². The molecule has 0 heteroatoms. The van der Waals surface area contributed by atoms with Crippen molar-refractivity contribution < 1.29 is 0 Å². The maximum atomic E-state index is 2.62. The van der Waals surface area contributed by atoms with Crippen molar-refractivity contribution in [3.63, 3.8) is 0 Å². The highest BCUT2D eigenvalue weighted by Crippen LogP contribution is 2.60. The van der Waals surface area contributed by atoms with E-state index in [9.17, 15) is 0 Å². The molecule has 0 N–H and O–H groups in total. The third-order valence-electron chi connectivity index (χ3n) is 5.06. The fraction of sp³-hybridized carbons (Fsp3) is 0.500. The summed E-state index contributed by atoms with van der Waals surface area (Å²) in [4.78, 5) is 0. The average Bonchev–Trinajstić information content (AvgIpc) is 2.88. The maximum absolute atomic E-state index is 2.62. The van der Waals surface area contributed by atoms with Gasteiger partial charge < -0.3 is 0 Å². The second-order valence-electron chi connectivity index (χ2n) is 5.74. The Hall–Kier alpha value is -1.04. The number of benzene rings is 1. The van der Waals surface area contributed by atoms with E-state index in [0.29, 0.717) is 0 Å². The van der Waals surface area contributed by atoms with Crippen molar-refractivity contribution in [1.29, 1.82) is 0 Å². The summed E-state index contributed by atoms with van der Waals surface area (Å²) < 4.78 is 0. The molecule has 2 saturated carbocycles. The predicted molar refractivity (Wildman–Crippen MR) is 66.2 cm³/mol. The van der Waals surface area contributed by atoms with Crippen LogP contribution < -0.4 is 0 Å². The van der Waals surface area contributed by atoms with Gasteiger partial charge in [0.15, 0.2) is 0 Å². The van der Waals surface area contributed by atoms with Gasteiger partial charge in [-0.15, -0.1) is 0 Å². The van der Waals surface area contributed by atoms with E-state index in [1.54, 1.807) is 5.56 Å². The van der Waals surface area contributed by atoms with Gasteiger partial charge in [0.2, 0.25) is 0 Å². The Morgan fingerprint density at radius 2 is 1.94 bits per heavy atom. The van der Waals surface area contributed by atoms with E-state index in [1.807, 2.05) is 5.57 Å². The lowest BCUT2D eigenvalue weighted by Gasteiger charge is -2.35. The summed E-state index contributed by atoms with van der Waals surface area (Å²) in [6, 6.07) is 11.2. The Morgan fingerprint density at radius 1 is 1.06 bits per heavy atom. The Balaban J connectivity index is 1.76. The van der Waals surface area contributed by atoms with Gasteiger partial charge in [0.05, 0.1) is 0 Å². The van der Waals surface area contributed by atoms with Crippen LogP contribution in [0.1, 0.15) is 37.2 Å². The van der Waals surface area contributed by atoms with Crippen LogP contribution in [-0.4, -0.2) is 0 Å². The maximum Gasteiger partial charge on any atom is -0.00646 e. The van der Waals surface area contributed by atoms with Crippen molar-refractivity contribution in [3.05, 3.63) is 47.5 Å². The second kappa shape index (κ2) is 3.23. The molecule has 0 unspecified atom stereocenters. The van der Waals surface area contributed by atoms with Gasteiger partial charge in [-0.2, -0.15) is 0 Å². The first-order valence-corrected chi connectivity index (χ1v) is 6.69.